The molecule has 2 aromatic rings. The van der Waals surface area contributed by atoms with Crippen molar-refractivity contribution in [2.45, 2.75) is 0 Å². The van der Waals surface area contributed by atoms with E-state index in [0.29, 0.717) is 10.7 Å². The molecule has 1 N–H and O–H groups in total. The molecule has 0 spiro atoms. The lowest BCUT2D eigenvalue weighted by molar-refractivity contribution is -0.385. The Labute approximate surface area is 164 Å². The number of nitrogens with one attached hydrogen (secondary N) is 1. The van der Waals surface area contributed by atoms with E-state index < -0.39 is 16.9 Å². The van der Waals surface area contributed by atoms with E-state index in [9.17, 15) is 19.7 Å². The third-order valence-electron chi connectivity index (χ3n) is 3.99. The molecule has 9 nitrogen and oxygen atoms in total. The van der Waals surface area contributed by atoms with Crippen molar-refractivity contribution in [2.24, 2.45) is 0 Å². The van der Waals surface area contributed by atoms with E-state index in [4.69, 9.17) is 21.1 Å². The highest BCUT2D eigenvalue weighted by molar-refractivity contribution is 6.31. The quantitative estimate of drug-likeness (QED) is 0.354. The predicted octanol–water partition coefficient (Wildman–Crippen LogP) is 3.36. The van der Waals surface area contributed by atoms with Crippen LogP contribution in [0.5, 0.6) is 11.5 Å². The minimum Gasteiger partial charge on any atom is -0.496 e. The minimum atomic E-state index is -0.652. The number of imide groups is 1. The second kappa shape index (κ2) is 7.57. The molecular weight excluding hydrogens is 390 g/mol. The standard InChI is InChI=1S/C18H14ClN3O6/c1-27-15-9-16(28-2)14(22(25)26)8-10(15)7-13-17(23)21(18(24)20-13)12-5-3-11(19)4-6-12/h3-9H,1-2H3,(H,20,24)/b13-7+. The lowest BCUT2D eigenvalue weighted by Crippen LogP contribution is -2.30. The fourth-order valence-corrected chi connectivity index (χ4v) is 2.80. The summed E-state index contributed by atoms with van der Waals surface area (Å²) >= 11 is 5.83. The molecule has 2 aromatic carbocycles. The summed E-state index contributed by atoms with van der Waals surface area (Å²) in [6, 6.07) is 8.05. The molecule has 0 aliphatic carbocycles. The molecule has 1 fully saturated rings. The van der Waals surface area contributed by atoms with E-state index in [0.717, 1.165) is 4.90 Å². The summed E-state index contributed by atoms with van der Waals surface area (Å²) in [6.07, 6.45) is 1.31. The van der Waals surface area contributed by atoms with Crippen molar-refractivity contribution in [3.63, 3.8) is 0 Å². The van der Waals surface area contributed by atoms with Gasteiger partial charge in [0, 0.05) is 22.7 Å². The van der Waals surface area contributed by atoms with Crippen molar-refractivity contribution in [1.29, 1.82) is 0 Å². The summed E-state index contributed by atoms with van der Waals surface area (Å²) < 4.78 is 10.2. The fourth-order valence-electron chi connectivity index (χ4n) is 2.68. The monoisotopic (exact) mass is 403 g/mol. The van der Waals surface area contributed by atoms with Gasteiger partial charge in [-0.1, -0.05) is 11.6 Å². The van der Waals surface area contributed by atoms with Crippen LogP contribution >= 0.6 is 11.6 Å². The first-order valence-corrected chi connectivity index (χ1v) is 8.26. The van der Waals surface area contributed by atoms with Crippen LogP contribution < -0.4 is 19.7 Å². The maximum Gasteiger partial charge on any atom is 0.333 e. The van der Waals surface area contributed by atoms with Crippen molar-refractivity contribution in [1.82, 2.24) is 5.32 Å². The van der Waals surface area contributed by atoms with Gasteiger partial charge in [-0.3, -0.25) is 14.9 Å². The lowest BCUT2D eigenvalue weighted by atomic mass is 10.1. The molecule has 0 bridgehead atoms. The van der Waals surface area contributed by atoms with E-state index in [1.165, 1.54) is 44.6 Å². The third kappa shape index (κ3) is 3.47. The number of rotatable bonds is 5. The van der Waals surface area contributed by atoms with Crippen LogP contribution in [-0.2, 0) is 4.79 Å². The molecule has 10 heteroatoms. The smallest absolute Gasteiger partial charge is 0.333 e. The largest absolute Gasteiger partial charge is 0.496 e. The van der Waals surface area contributed by atoms with Gasteiger partial charge >= 0.3 is 11.7 Å². The first-order valence-electron chi connectivity index (χ1n) is 7.88. The predicted molar refractivity (Wildman–Crippen MR) is 102 cm³/mol. The molecule has 1 heterocycles. The zero-order valence-electron chi connectivity index (χ0n) is 14.8. The average Bonchev–Trinajstić information content (AvgIpc) is 2.95. The molecule has 3 rings (SSSR count). The summed E-state index contributed by atoms with van der Waals surface area (Å²) in [7, 11) is 2.67. The Hall–Kier alpha value is -3.59. The van der Waals surface area contributed by atoms with Gasteiger partial charge in [0.1, 0.15) is 11.4 Å². The Bertz CT molecular complexity index is 1000. The number of hydrogen-bond donors (Lipinski definition) is 1. The highest BCUT2D eigenvalue weighted by Crippen LogP contribution is 2.36. The Morgan fingerprint density at radius 1 is 1.11 bits per heavy atom. The van der Waals surface area contributed by atoms with Crippen molar-refractivity contribution in [2.75, 3.05) is 19.1 Å². The van der Waals surface area contributed by atoms with Gasteiger partial charge in [0.15, 0.2) is 0 Å². The number of carbonyl (C=O) groups is 2. The number of anilines is 1. The molecular formula is C18H14ClN3O6. The number of hydrogen-bond acceptors (Lipinski definition) is 6. The van der Waals surface area contributed by atoms with E-state index >= 15 is 0 Å². The van der Waals surface area contributed by atoms with Crippen LogP contribution in [0, 0.1) is 10.1 Å². The number of nitro benzene ring substituents is 1. The molecule has 0 atom stereocenters. The molecule has 0 radical (unpaired) electrons. The maximum absolute atomic E-state index is 12.7. The summed E-state index contributed by atoms with van der Waals surface area (Å²) in [5.41, 5.74) is 0.207. The van der Waals surface area contributed by atoms with E-state index in [2.05, 4.69) is 5.32 Å². The Kier molecular flexibility index (Phi) is 5.18. The Balaban J connectivity index is 2.03. The van der Waals surface area contributed by atoms with Gasteiger partial charge in [-0.15, -0.1) is 0 Å². The molecule has 28 heavy (non-hydrogen) atoms. The lowest BCUT2D eigenvalue weighted by Gasteiger charge is -2.11. The van der Waals surface area contributed by atoms with Crippen LogP contribution in [0.1, 0.15) is 5.56 Å². The molecule has 1 aliphatic heterocycles. The van der Waals surface area contributed by atoms with Crippen molar-refractivity contribution in [3.05, 3.63) is 62.8 Å². The number of benzene rings is 2. The number of carbonyl (C=O) groups excluding carboxylic acids is 2. The maximum atomic E-state index is 12.7. The van der Waals surface area contributed by atoms with Crippen molar-refractivity contribution < 1.29 is 24.0 Å². The molecule has 1 aliphatic rings. The van der Waals surface area contributed by atoms with Gasteiger partial charge in [-0.25, -0.2) is 9.69 Å². The Morgan fingerprint density at radius 3 is 2.32 bits per heavy atom. The minimum absolute atomic E-state index is 0.00794. The second-order valence-electron chi connectivity index (χ2n) is 5.63. The van der Waals surface area contributed by atoms with Crippen LogP contribution in [0.4, 0.5) is 16.2 Å². The third-order valence-corrected chi connectivity index (χ3v) is 4.24. The highest BCUT2D eigenvalue weighted by atomic mass is 35.5. The number of halogens is 1. The van der Waals surface area contributed by atoms with E-state index in [1.54, 1.807) is 12.1 Å². The summed E-state index contributed by atoms with van der Waals surface area (Å²) in [6.45, 7) is 0. The molecule has 0 saturated carbocycles. The van der Waals surface area contributed by atoms with Gasteiger partial charge in [-0.2, -0.15) is 0 Å². The summed E-state index contributed by atoms with van der Waals surface area (Å²) in [5, 5.41) is 14.2. The number of nitrogens with zero attached hydrogens (tertiary/aromatic N) is 2. The molecule has 1 saturated heterocycles. The zero-order chi connectivity index (χ0) is 20.4. The zero-order valence-corrected chi connectivity index (χ0v) is 15.5. The number of methoxy groups -OCH3 is 2. The molecule has 0 unspecified atom stereocenters. The first kappa shape index (κ1) is 19.2. The van der Waals surface area contributed by atoms with Crippen LogP contribution in [0.3, 0.4) is 0 Å². The number of nitro groups is 1. The van der Waals surface area contributed by atoms with Crippen LogP contribution in [0.25, 0.3) is 6.08 Å². The first-order chi connectivity index (χ1) is 13.3. The number of ether oxygens (including phenoxy) is 2. The van der Waals surface area contributed by atoms with Crippen molar-refractivity contribution >= 4 is 41.0 Å². The van der Waals surface area contributed by atoms with Gasteiger partial charge in [0.05, 0.1) is 24.8 Å². The number of amides is 3. The van der Waals surface area contributed by atoms with Crippen LogP contribution in [0.15, 0.2) is 42.1 Å². The van der Waals surface area contributed by atoms with E-state index in [-0.39, 0.29) is 28.4 Å². The molecule has 0 aromatic heterocycles. The van der Waals surface area contributed by atoms with Crippen LogP contribution in [0.2, 0.25) is 5.02 Å². The highest BCUT2D eigenvalue weighted by Gasteiger charge is 2.35. The number of urea groups is 1. The Morgan fingerprint density at radius 2 is 1.75 bits per heavy atom. The molecule has 3 amide bonds. The summed E-state index contributed by atoms with van der Waals surface area (Å²) in [4.78, 5) is 36.5. The van der Waals surface area contributed by atoms with Gasteiger partial charge in [-0.05, 0) is 30.3 Å². The van der Waals surface area contributed by atoms with Gasteiger partial charge in [0.25, 0.3) is 5.91 Å². The van der Waals surface area contributed by atoms with Gasteiger partial charge < -0.3 is 14.8 Å². The normalized spacial score (nSPS) is 15.0. The summed E-state index contributed by atoms with van der Waals surface area (Å²) in [5.74, 6) is -0.372. The molecule has 144 valence electrons. The average molecular weight is 404 g/mol. The van der Waals surface area contributed by atoms with E-state index in [1.807, 2.05) is 0 Å². The topological polar surface area (TPSA) is 111 Å². The fraction of sp³-hybridized carbons (Fsp3) is 0.111. The van der Waals surface area contributed by atoms with Gasteiger partial charge in [0.2, 0.25) is 5.75 Å². The SMILES string of the molecule is COc1cc(OC)c([N+](=O)[O-])cc1/C=C1/NC(=O)N(c2ccc(Cl)cc2)C1=O. The van der Waals surface area contributed by atoms with Crippen molar-refractivity contribution in [3.8, 4) is 11.5 Å². The van der Waals surface area contributed by atoms with Crippen LogP contribution in [-0.4, -0.2) is 31.1 Å². The second-order valence-corrected chi connectivity index (χ2v) is 6.06.